The maximum atomic E-state index is 12.5. The SMILES string of the molecule is CCc1sc(C(=O)N2CCCC(C(C)N)C2)cc1C. The first-order valence-electron chi connectivity index (χ1n) is 7.17. The first-order chi connectivity index (χ1) is 9.02. The molecule has 1 saturated heterocycles. The Labute approximate surface area is 119 Å². The molecule has 2 rings (SSSR count). The van der Waals surface area contributed by atoms with Gasteiger partial charge in [-0.05, 0) is 50.7 Å². The zero-order valence-electron chi connectivity index (χ0n) is 12.1. The summed E-state index contributed by atoms with van der Waals surface area (Å²) < 4.78 is 0. The fourth-order valence-electron chi connectivity index (χ4n) is 2.76. The van der Waals surface area contributed by atoms with E-state index in [-0.39, 0.29) is 11.9 Å². The third kappa shape index (κ3) is 3.18. The number of piperidine rings is 1. The summed E-state index contributed by atoms with van der Waals surface area (Å²) in [6.45, 7) is 7.96. The Balaban J connectivity index is 2.10. The lowest BCUT2D eigenvalue weighted by molar-refractivity contribution is 0.0666. The lowest BCUT2D eigenvalue weighted by Crippen LogP contribution is -2.44. The van der Waals surface area contributed by atoms with Gasteiger partial charge in [-0.2, -0.15) is 0 Å². The van der Waals surface area contributed by atoms with E-state index in [1.54, 1.807) is 11.3 Å². The molecular formula is C15H24N2OS. The van der Waals surface area contributed by atoms with E-state index in [2.05, 4.69) is 13.8 Å². The third-order valence-corrected chi connectivity index (χ3v) is 5.41. The van der Waals surface area contributed by atoms with Crippen molar-refractivity contribution >= 4 is 17.2 Å². The molecule has 106 valence electrons. The number of thiophene rings is 1. The van der Waals surface area contributed by atoms with Gasteiger partial charge in [0.25, 0.3) is 5.91 Å². The summed E-state index contributed by atoms with van der Waals surface area (Å²) in [5.74, 6) is 0.641. The normalized spacial score (nSPS) is 21.5. The van der Waals surface area contributed by atoms with Crippen LogP contribution >= 0.6 is 11.3 Å². The predicted octanol–water partition coefficient (Wildman–Crippen LogP) is 2.82. The zero-order chi connectivity index (χ0) is 14.0. The predicted molar refractivity (Wildman–Crippen MR) is 80.7 cm³/mol. The monoisotopic (exact) mass is 280 g/mol. The van der Waals surface area contributed by atoms with E-state index in [9.17, 15) is 4.79 Å². The molecule has 2 N–H and O–H groups in total. The molecule has 1 aliphatic heterocycles. The lowest BCUT2D eigenvalue weighted by atomic mass is 9.92. The van der Waals surface area contributed by atoms with Crippen LogP contribution in [0, 0.1) is 12.8 Å². The lowest BCUT2D eigenvalue weighted by Gasteiger charge is -2.34. The highest BCUT2D eigenvalue weighted by molar-refractivity contribution is 7.14. The number of carbonyl (C=O) groups excluding carboxylic acids is 1. The number of hydrogen-bond acceptors (Lipinski definition) is 3. The average molecular weight is 280 g/mol. The van der Waals surface area contributed by atoms with Gasteiger partial charge in [0.15, 0.2) is 0 Å². The fraction of sp³-hybridized carbons (Fsp3) is 0.667. The minimum atomic E-state index is 0.173. The summed E-state index contributed by atoms with van der Waals surface area (Å²) in [7, 11) is 0. The Bertz CT molecular complexity index is 453. The van der Waals surface area contributed by atoms with Gasteiger partial charge in [-0.3, -0.25) is 4.79 Å². The summed E-state index contributed by atoms with van der Waals surface area (Å²) >= 11 is 1.65. The topological polar surface area (TPSA) is 46.3 Å². The van der Waals surface area contributed by atoms with Gasteiger partial charge in [-0.25, -0.2) is 0 Å². The molecule has 19 heavy (non-hydrogen) atoms. The molecule has 1 aliphatic rings. The molecule has 0 radical (unpaired) electrons. The van der Waals surface area contributed by atoms with E-state index >= 15 is 0 Å². The van der Waals surface area contributed by atoms with E-state index in [0.29, 0.717) is 5.92 Å². The van der Waals surface area contributed by atoms with Crippen LogP contribution in [0.4, 0.5) is 0 Å². The molecule has 0 aromatic carbocycles. The van der Waals surface area contributed by atoms with Gasteiger partial charge in [0.05, 0.1) is 4.88 Å². The van der Waals surface area contributed by atoms with Gasteiger partial charge < -0.3 is 10.6 Å². The van der Waals surface area contributed by atoms with Gasteiger partial charge in [0, 0.05) is 24.0 Å². The van der Waals surface area contributed by atoms with Crippen LogP contribution in [-0.4, -0.2) is 29.9 Å². The van der Waals surface area contributed by atoms with Crippen molar-refractivity contribution in [2.75, 3.05) is 13.1 Å². The van der Waals surface area contributed by atoms with Crippen molar-refractivity contribution in [1.82, 2.24) is 4.90 Å². The first-order valence-corrected chi connectivity index (χ1v) is 7.98. The van der Waals surface area contributed by atoms with Crippen molar-refractivity contribution in [2.24, 2.45) is 11.7 Å². The molecule has 0 bridgehead atoms. The van der Waals surface area contributed by atoms with Crippen LogP contribution in [0.15, 0.2) is 6.07 Å². The number of hydrogen-bond donors (Lipinski definition) is 1. The number of aryl methyl sites for hydroxylation is 2. The molecular weight excluding hydrogens is 256 g/mol. The van der Waals surface area contributed by atoms with Gasteiger partial charge in [0.1, 0.15) is 0 Å². The molecule has 1 aromatic heterocycles. The molecule has 2 atom stereocenters. The summed E-state index contributed by atoms with van der Waals surface area (Å²) in [5.41, 5.74) is 7.23. The van der Waals surface area contributed by atoms with E-state index in [4.69, 9.17) is 5.73 Å². The molecule has 2 heterocycles. The molecule has 1 amide bonds. The largest absolute Gasteiger partial charge is 0.338 e. The van der Waals surface area contributed by atoms with Crippen LogP contribution in [0.3, 0.4) is 0 Å². The second kappa shape index (κ2) is 6.06. The van der Waals surface area contributed by atoms with E-state index in [0.717, 1.165) is 37.2 Å². The number of rotatable bonds is 3. The van der Waals surface area contributed by atoms with Crippen molar-refractivity contribution in [3.63, 3.8) is 0 Å². The Morgan fingerprint density at radius 1 is 1.63 bits per heavy atom. The number of carbonyl (C=O) groups is 1. The molecule has 1 fully saturated rings. The van der Waals surface area contributed by atoms with Crippen molar-refractivity contribution < 1.29 is 4.79 Å². The molecule has 0 spiro atoms. The summed E-state index contributed by atoms with van der Waals surface area (Å²) in [6, 6.07) is 2.22. The van der Waals surface area contributed by atoms with Crippen LogP contribution in [0.1, 0.15) is 46.8 Å². The van der Waals surface area contributed by atoms with E-state index < -0.39 is 0 Å². The fourth-order valence-corrected chi connectivity index (χ4v) is 3.84. The summed E-state index contributed by atoms with van der Waals surface area (Å²) in [4.78, 5) is 16.7. The van der Waals surface area contributed by atoms with Crippen LogP contribution in [0.5, 0.6) is 0 Å². The Kier molecular flexibility index (Phi) is 4.63. The maximum Gasteiger partial charge on any atom is 0.263 e. The Hall–Kier alpha value is -0.870. The second-order valence-electron chi connectivity index (χ2n) is 5.58. The second-order valence-corrected chi connectivity index (χ2v) is 6.72. The van der Waals surface area contributed by atoms with Crippen LogP contribution in [0.25, 0.3) is 0 Å². The quantitative estimate of drug-likeness (QED) is 0.925. The van der Waals surface area contributed by atoms with E-state index in [1.165, 1.54) is 10.4 Å². The van der Waals surface area contributed by atoms with Gasteiger partial charge in [-0.1, -0.05) is 6.92 Å². The van der Waals surface area contributed by atoms with Crippen LogP contribution in [-0.2, 0) is 6.42 Å². The van der Waals surface area contributed by atoms with Crippen molar-refractivity contribution in [1.29, 1.82) is 0 Å². The Morgan fingerprint density at radius 3 is 2.95 bits per heavy atom. The standard InChI is InChI=1S/C15H24N2OS/c1-4-13-10(2)8-14(19-13)15(18)17-7-5-6-12(9-17)11(3)16/h8,11-12H,4-7,9,16H2,1-3H3. The van der Waals surface area contributed by atoms with Crippen molar-refractivity contribution in [3.05, 3.63) is 21.4 Å². The first kappa shape index (κ1) is 14.5. The highest BCUT2D eigenvalue weighted by Crippen LogP contribution is 2.26. The van der Waals surface area contributed by atoms with Crippen LogP contribution in [0.2, 0.25) is 0 Å². The highest BCUT2D eigenvalue weighted by atomic mass is 32.1. The molecule has 4 heteroatoms. The molecule has 0 aliphatic carbocycles. The maximum absolute atomic E-state index is 12.5. The van der Waals surface area contributed by atoms with Crippen LogP contribution < -0.4 is 5.73 Å². The van der Waals surface area contributed by atoms with Crippen molar-refractivity contribution in [3.8, 4) is 0 Å². The smallest absolute Gasteiger partial charge is 0.263 e. The minimum Gasteiger partial charge on any atom is -0.338 e. The third-order valence-electron chi connectivity index (χ3n) is 4.04. The van der Waals surface area contributed by atoms with Gasteiger partial charge >= 0.3 is 0 Å². The highest BCUT2D eigenvalue weighted by Gasteiger charge is 2.27. The molecule has 0 saturated carbocycles. The zero-order valence-corrected chi connectivity index (χ0v) is 12.9. The van der Waals surface area contributed by atoms with Crippen molar-refractivity contribution in [2.45, 2.75) is 46.1 Å². The minimum absolute atomic E-state index is 0.173. The molecule has 3 nitrogen and oxygen atoms in total. The number of nitrogens with zero attached hydrogens (tertiary/aromatic N) is 1. The summed E-state index contributed by atoms with van der Waals surface area (Å²) in [6.07, 6.45) is 3.22. The number of amides is 1. The Morgan fingerprint density at radius 2 is 2.37 bits per heavy atom. The number of likely N-dealkylation sites (tertiary alicyclic amines) is 1. The summed E-state index contributed by atoms with van der Waals surface area (Å²) in [5, 5.41) is 0. The number of nitrogens with two attached hydrogens (primary N) is 1. The van der Waals surface area contributed by atoms with Gasteiger partial charge in [0.2, 0.25) is 0 Å². The van der Waals surface area contributed by atoms with E-state index in [1.807, 2.05) is 17.9 Å². The molecule has 1 aromatic rings. The average Bonchev–Trinajstić information content (AvgIpc) is 2.79. The van der Waals surface area contributed by atoms with Gasteiger partial charge in [-0.15, -0.1) is 11.3 Å². The molecule has 2 unspecified atom stereocenters.